The number of aromatic nitrogens is 1. The van der Waals surface area contributed by atoms with Crippen molar-refractivity contribution < 1.29 is 27.4 Å². The van der Waals surface area contributed by atoms with Gasteiger partial charge in [-0.05, 0) is 70.5 Å². The molecular formula is C25H26F3NO3S2. The lowest BCUT2D eigenvalue weighted by atomic mass is 10.1. The van der Waals surface area contributed by atoms with Gasteiger partial charge in [-0.2, -0.15) is 13.2 Å². The summed E-state index contributed by atoms with van der Waals surface area (Å²) >= 11 is 3.10. The molecule has 0 aliphatic heterocycles. The number of alkyl halides is 3. The molecule has 0 amide bonds. The summed E-state index contributed by atoms with van der Waals surface area (Å²) in [5.41, 5.74) is -0.224. The summed E-state index contributed by atoms with van der Waals surface area (Å²) in [5.74, 6) is 0.188. The molecule has 4 nitrogen and oxygen atoms in total. The van der Waals surface area contributed by atoms with Crippen LogP contribution in [-0.2, 0) is 15.7 Å². The van der Waals surface area contributed by atoms with Crippen molar-refractivity contribution in [2.45, 2.75) is 56.5 Å². The van der Waals surface area contributed by atoms with Crippen molar-refractivity contribution in [2.75, 3.05) is 6.61 Å². The molecule has 0 bridgehead atoms. The maximum absolute atomic E-state index is 12.8. The number of hydrogen-bond acceptors (Lipinski definition) is 6. The molecular weight excluding hydrogens is 483 g/mol. The first kappa shape index (κ1) is 26.1. The molecule has 0 saturated carbocycles. The van der Waals surface area contributed by atoms with Crippen LogP contribution in [0.4, 0.5) is 13.2 Å². The van der Waals surface area contributed by atoms with Crippen molar-refractivity contribution in [1.29, 1.82) is 0 Å². The highest BCUT2D eigenvalue weighted by atomic mass is 32.2. The smallest absolute Gasteiger partial charge is 0.416 e. The largest absolute Gasteiger partial charge is 0.476 e. The minimum absolute atomic E-state index is 0.0860. The van der Waals surface area contributed by atoms with Crippen molar-refractivity contribution in [2.24, 2.45) is 0 Å². The molecule has 1 unspecified atom stereocenters. The van der Waals surface area contributed by atoms with Gasteiger partial charge >= 0.3 is 12.1 Å². The van der Waals surface area contributed by atoms with Gasteiger partial charge in [0.1, 0.15) is 10.8 Å². The lowest BCUT2D eigenvalue weighted by molar-refractivity contribution is -0.158. The molecule has 0 aliphatic rings. The number of thioether (sulfide) groups is 1. The Bertz CT molecular complexity index is 1140. The predicted molar refractivity (Wildman–Crippen MR) is 129 cm³/mol. The Morgan fingerprint density at radius 2 is 1.82 bits per heavy atom. The van der Waals surface area contributed by atoms with Gasteiger partial charge in [0.15, 0.2) is 5.60 Å². The zero-order chi connectivity index (χ0) is 25.1. The van der Waals surface area contributed by atoms with Crippen LogP contribution in [0, 0.1) is 6.92 Å². The average molecular weight is 510 g/mol. The van der Waals surface area contributed by atoms with Crippen molar-refractivity contribution in [3.05, 3.63) is 64.7 Å². The fourth-order valence-electron chi connectivity index (χ4n) is 3.10. The van der Waals surface area contributed by atoms with Crippen molar-refractivity contribution >= 4 is 29.1 Å². The first-order valence-corrected chi connectivity index (χ1v) is 12.4. The summed E-state index contributed by atoms with van der Waals surface area (Å²) in [5, 5.41) is 0.764. The Balaban J connectivity index is 1.68. The van der Waals surface area contributed by atoms with E-state index in [1.165, 1.54) is 23.5 Å². The molecule has 0 fully saturated rings. The monoisotopic (exact) mass is 509 g/mol. The summed E-state index contributed by atoms with van der Waals surface area (Å²) in [6.45, 7) is 9.36. The minimum atomic E-state index is -4.36. The Labute approximate surface area is 205 Å². The number of halogens is 3. The molecule has 0 spiro atoms. The molecule has 1 aromatic heterocycles. The van der Waals surface area contributed by atoms with Crippen LogP contribution in [0.15, 0.2) is 53.6 Å². The Morgan fingerprint density at radius 1 is 1.15 bits per heavy atom. The van der Waals surface area contributed by atoms with Gasteiger partial charge in [0.25, 0.3) is 0 Å². The standard InChI is InChI=1S/C25H26F3NO3S2/c1-6-31-23(30)24(4,5)32-20-12-11-19(13-15(20)2)33-16(3)21-14-29-22(34-21)17-7-9-18(10-8-17)25(26,27)28/h7-14,16H,6H2,1-5H3. The maximum atomic E-state index is 12.8. The molecule has 3 aromatic rings. The molecule has 34 heavy (non-hydrogen) atoms. The van der Waals surface area contributed by atoms with E-state index in [0.717, 1.165) is 27.5 Å². The molecule has 0 aliphatic carbocycles. The number of aryl methyl sites for hydroxylation is 1. The van der Waals surface area contributed by atoms with Crippen LogP contribution in [0.1, 0.15) is 48.9 Å². The highest BCUT2D eigenvalue weighted by Crippen LogP contribution is 2.41. The SMILES string of the molecule is CCOC(=O)C(C)(C)Oc1ccc(SC(C)c2cnc(-c3ccc(C(F)(F)F)cc3)s2)cc1C. The fourth-order valence-corrected chi connectivity index (χ4v) is 5.22. The van der Waals surface area contributed by atoms with Crippen molar-refractivity contribution in [1.82, 2.24) is 4.98 Å². The lowest BCUT2D eigenvalue weighted by Gasteiger charge is -2.25. The third-order valence-electron chi connectivity index (χ3n) is 4.97. The van der Waals surface area contributed by atoms with Gasteiger partial charge < -0.3 is 9.47 Å². The molecule has 1 atom stereocenters. The normalized spacial score (nSPS) is 12.9. The molecule has 0 radical (unpaired) electrons. The average Bonchev–Trinajstić information content (AvgIpc) is 3.26. The molecule has 0 N–H and O–H groups in total. The molecule has 9 heteroatoms. The zero-order valence-electron chi connectivity index (χ0n) is 19.5. The van der Waals surface area contributed by atoms with Crippen molar-refractivity contribution in [3.8, 4) is 16.3 Å². The maximum Gasteiger partial charge on any atom is 0.416 e. The van der Waals surface area contributed by atoms with Gasteiger partial charge in [-0.1, -0.05) is 12.1 Å². The van der Waals surface area contributed by atoms with Crippen LogP contribution in [0.25, 0.3) is 10.6 Å². The lowest BCUT2D eigenvalue weighted by Crippen LogP contribution is -2.39. The van der Waals surface area contributed by atoms with Gasteiger partial charge in [0.2, 0.25) is 0 Å². The van der Waals surface area contributed by atoms with E-state index in [1.807, 2.05) is 25.1 Å². The summed E-state index contributed by atoms with van der Waals surface area (Å²) in [4.78, 5) is 18.6. The topological polar surface area (TPSA) is 48.4 Å². The Kier molecular flexibility index (Phi) is 7.98. The number of carbonyl (C=O) groups excluding carboxylic acids is 1. The third kappa shape index (κ3) is 6.33. The van der Waals surface area contributed by atoms with Crippen LogP contribution in [0.5, 0.6) is 5.75 Å². The van der Waals surface area contributed by atoms with E-state index >= 15 is 0 Å². The number of benzene rings is 2. The Morgan fingerprint density at radius 3 is 2.41 bits per heavy atom. The van der Waals surface area contributed by atoms with Crippen LogP contribution in [-0.4, -0.2) is 23.2 Å². The van der Waals surface area contributed by atoms with E-state index < -0.39 is 23.3 Å². The van der Waals surface area contributed by atoms with E-state index in [-0.39, 0.29) is 11.9 Å². The molecule has 0 saturated heterocycles. The predicted octanol–water partition coefficient (Wildman–Crippen LogP) is 7.71. The molecule has 3 rings (SSSR count). The molecule has 182 valence electrons. The number of thiazole rings is 1. The van der Waals surface area contributed by atoms with Crippen molar-refractivity contribution in [3.63, 3.8) is 0 Å². The van der Waals surface area contributed by atoms with E-state index in [0.29, 0.717) is 16.3 Å². The molecule has 1 heterocycles. The number of esters is 1. The van der Waals surface area contributed by atoms with Gasteiger partial charge in [0.05, 0.1) is 12.2 Å². The summed E-state index contributed by atoms with van der Waals surface area (Å²) in [7, 11) is 0. The third-order valence-corrected chi connectivity index (χ3v) is 7.49. The van der Waals surface area contributed by atoms with E-state index in [1.54, 1.807) is 38.7 Å². The number of nitrogens with zero attached hydrogens (tertiary/aromatic N) is 1. The fraction of sp³-hybridized carbons (Fsp3) is 0.360. The summed E-state index contributed by atoms with van der Waals surface area (Å²) in [6.07, 6.45) is -2.59. The second-order valence-corrected chi connectivity index (χ2v) is 10.6. The van der Waals surface area contributed by atoms with Gasteiger partial charge in [-0.25, -0.2) is 9.78 Å². The number of ether oxygens (including phenoxy) is 2. The summed E-state index contributed by atoms with van der Waals surface area (Å²) < 4.78 is 49.4. The van der Waals surface area contributed by atoms with E-state index in [9.17, 15) is 18.0 Å². The number of hydrogen-bond donors (Lipinski definition) is 0. The van der Waals surface area contributed by atoms with E-state index in [2.05, 4.69) is 11.9 Å². The quantitative estimate of drug-likeness (QED) is 0.230. The molecule has 2 aromatic carbocycles. The number of rotatable bonds is 8. The van der Waals surface area contributed by atoms with Crippen LogP contribution in [0.3, 0.4) is 0 Å². The number of carbonyl (C=O) groups is 1. The van der Waals surface area contributed by atoms with E-state index in [4.69, 9.17) is 9.47 Å². The van der Waals surface area contributed by atoms with Crippen LogP contribution < -0.4 is 4.74 Å². The van der Waals surface area contributed by atoms with Crippen LogP contribution in [0.2, 0.25) is 0 Å². The van der Waals surface area contributed by atoms with Gasteiger partial charge in [0, 0.05) is 26.8 Å². The zero-order valence-corrected chi connectivity index (χ0v) is 21.2. The van der Waals surface area contributed by atoms with Gasteiger partial charge in [-0.3, -0.25) is 0 Å². The first-order valence-electron chi connectivity index (χ1n) is 10.7. The Hall–Kier alpha value is -2.52. The summed E-state index contributed by atoms with van der Waals surface area (Å²) in [6, 6.07) is 10.8. The highest BCUT2D eigenvalue weighted by molar-refractivity contribution is 7.99. The second-order valence-electron chi connectivity index (χ2n) is 8.16. The van der Waals surface area contributed by atoms with Crippen LogP contribution >= 0.6 is 23.1 Å². The highest BCUT2D eigenvalue weighted by Gasteiger charge is 2.32. The minimum Gasteiger partial charge on any atom is -0.476 e. The van der Waals surface area contributed by atoms with Gasteiger partial charge in [-0.15, -0.1) is 23.1 Å². The second kappa shape index (κ2) is 10.4. The first-order chi connectivity index (χ1) is 15.9.